The van der Waals surface area contributed by atoms with E-state index in [-0.39, 0.29) is 5.91 Å². The van der Waals surface area contributed by atoms with Gasteiger partial charge in [0.2, 0.25) is 0 Å². The number of thiazole rings is 1. The van der Waals surface area contributed by atoms with Crippen molar-refractivity contribution in [2.24, 2.45) is 0 Å². The number of rotatable bonds is 6. The normalized spacial score (nSPS) is 14.6. The molecule has 6 heteroatoms. The van der Waals surface area contributed by atoms with Gasteiger partial charge in [0.15, 0.2) is 0 Å². The summed E-state index contributed by atoms with van der Waals surface area (Å²) in [6.07, 6.45) is 2.58. The Morgan fingerprint density at radius 3 is 2.70 bits per heavy atom. The van der Waals surface area contributed by atoms with Crippen molar-refractivity contribution >= 4 is 28.6 Å². The van der Waals surface area contributed by atoms with E-state index in [1.165, 1.54) is 48.4 Å². The fraction of sp³-hybridized carbons (Fsp3) is 0.333. The molecule has 1 amide bonds. The molecule has 0 saturated carbocycles. The van der Waals surface area contributed by atoms with Crippen LogP contribution in [0.3, 0.4) is 0 Å². The summed E-state index contributed by atoms with van der Waals surface area (Å²) in [5.74, 6) is -0.0394. The summed E-state index contributed by atoms with van der Waals surface area (Å²) in [4.78, 5) is 20.5. The molecule has 3 aromatic rings. The molecule has 3 heterocycles. The Hall–Kier alpha value is -2.02. The Kier molecular flexibility index (Phi) is 5.66. The highest BCUT2D eigenvalue weighted by atomic mass is 32.1. The van der Waals surface area contributed by atoms with E-state index in [9.17, 15) is 4.79 Å². The molecule has 4 nitrogen and oxygen atoms in total. The number of aryl methyl sites for hydroxylation is 1. The SMILES string of the molecule is Cc1nc(-c2ccsc2)sc1C(=O)NCc1ccccc1CN1CCCC1. The van der Waals surface area contributed by atoms with Crippen LogP contribution in [0.25, 0.3) is 10.6 Å². The second-order valence-corrected chi connectivity index (χ2v) is 8.66. The lowest BCUT2D eigenvalue weighted by Crippen LogP contribution is -2.24. The lowest BCUT2D eigenvalue weighted by Gasteiger charge is -2.17. The van der Waals surface area contributed by atoms with E-state index in [0.29, 0.717) is 11.4 Å². The van der Waals surface area contributed by atoms with Crippen molar-refractivity contribution in [2.45, 2.75) is 32.9 Å². The van der Waals surface area contributed by atoms with Gasteiger partial charge in [-0.25, -0.2) is 4.98 Å². The number of amides is 1. The predicted molar refractivity (Wildman–Crippen MR) is 112 cm³/mol. The third-order valence-corrected chi connectivity index (χ3v) is 6.81. The van der Waals surface area contributed by atoms with Crippen molar-refractivity contribution in [1.82, 2.24) is 15.2 Å². The largest absolute Gasteiger partial charge is 0.347 e. The number of carbonyl (C=O) groups is 1. The quantitative estimate of drug-likeness (QED) is 0.655. The van der Waals surface area contributed by atoms with Crippen LogP contribution in [0, 0.1) is 6.92 Å². The van der Waals surface area contributed by atoms with Crippen molar-refractivity contribution in [3.8, 4) is 10.6 Å². The topological polar surface area (TPSA) is 45.2 Å². The Balaban J connectivity index is 1.44. The van der Waals surface area contributed by atoms with E-state index in [0.717, 1.165) is 22.8 Å². The van der Waals surface area contributed by atoms with E-state index in [1.54, 1.807) is 11.3 Å². The van der Waals surface area contributed by atoms with Gasteiger partial charge in [0.1, 0.15) is 9.88 Å². The zero-order valence-corrected chi connectivity index (χ0v) is 17.0. The molecule has 0 atom stereocenters. The summed E-state index contributed by atoms with van der Waals surface area (Å²) in [6.45, 7) is 5.77. The van der Waals surface area contributed by atoms with Crippen LogP contribution in [-0.4, -0.2) is 28.9 Å². The Bertz CT molecular complexity index is 911. The van der Waals surface area contributed by atoms with Gasteiger partial charge < -0.3 is 5.32 Å². The lowest BCUT2D eigenvalue weighted by atomic mass is 10.1. The summed E-state index contributed by atoms with van der Waals surface area (Å²) in [7, 11) is 0. The van der Waals surface area contributed by atoms with E-state index in [2.05, 4.69) is 38.8 Å². The first-order chi connectivity index (χ1) is 13.2. The zero-order chi connectivity index (χ0) is 18.6. The highest BCUT2D eigenvalue weighted by molar-refractivity contribution is 7.17. The van der Waals surface area contributed by atoms with Crippen LogP contribution >= 0.6 is 22.7 Å². The van der Waals surface area contributed by atoms with Crippen molar-refractivity contribution in [1.29, 1.82) is 0 Å². The molecule has 4 rings (SSSR count). The molecule has 0 radical (unpaired) electrons. The minimum Gasteiger partial charge on any atom is -0.347 e. The molecule has 0 unspecified atom stereocenters. The second-order valence-electron chi connectivity index (χ2n) is 6.88. The number of thiophene rings is 1. The molecule has 1 saturated heterocycles. The monoisotopic (exact) mass is 397 g/mol. The van der Waals surface area contributed by atoms with Gasteiger partial charge >= 0.3 is 0 Å². The van der Waals surface area contributed by atoms with Crippen molar-refractivity contribution in [3.05, 3.63) is 62.8 Å². The lowest BCUT2D eigenvalue weighted by molar-refractivity contribution is 0.0954. The van der Waals surface area contributed by atoms with Crippen LogP contribution in [0.5, 0.6) is 0 Å². The maximum atomic E-state index is 12.7. The minimum absolute atomic E-state index is 0.0394. The zero-order valence-electron chi connectivity index (χ0n) is 15.4. The molecule has 1 N–H and O–H groups in total. The first kappa shape index (κ1) is 18.3. The number of benzene rings is 1. The maximum Gasteiger partial charge on any atom is 0.263 e. The van der Waals surface area contributed by atoms with Crippen LogP contribution in [0.2, 0.25) is 0 Å². The molecule has 0 aliphatic carbocycles. The molecule has 0 spiro atoms. The van der Waals surface area contributed by atoms with E-state index < -0.39 is 0 Å². The second kappa shape index (κ2) is 8.33. The summed E-state index contributed by atoms with van der Waals surface area (Å²) in [6, 6.07) is 10.5. The smallest absolute Gasteiger partial charge is 0.263 e. The fourth-order valence-electron chi connectivity index (χ4n) is 3.44. The average Bonchev–Trinajstić information content (AvgIpc) is 3.42. The molecule has 140 valence electrons. The third-order valence-electron chi connectivity index (χ3n) is 4.92. The molecular weight excluding hydrogens is 374 g/mol. The first-order valence-electron chi connectivity index (χ1n) is 9.28. The fourth-order valence-corrected chi connectivity index (χ4v) is 5.13. The summed E-state index contributed by atoms with van der Waals surface area (Å²) >= 11 is 3.11. The molecule has 1 aliphatic heterocycles. The highest BCUT2D eigenvalue weighted by Gasteiger charge is 2.17. The Morgan fingerprint density at radius 1 is 1.19 bits per heavy atom. The number of likely N-dealkylation sites (tertiary alicyclic amines) is 1. The van der Waals surface area contributed by atoms with E-state index in [4.69, 9.17) is 0 Å². The summed E-state index contributed by atoms with van der Waals surface area (Å²) < 4.78 is 0. The van der Waals surface area contributed by atoms with Gasteiger partial charge in [0.25, 0.3) is 5.91 Å². The van der Waals surface area contributed by atoms with E-state index >= 15 is 0 Å². The van der Waals surface area contributed by atoms with Crippen LogP contribution in [0.1, 0.15) is 39.3 Å². The van der Waals surface area contributed by atoms with Crippen LogP contribution in [-0.2, 0) is 13.1 Å². The average molecular weight is 398 g/mol. The third kappa shape index (κ3) is 4.29. The number of carbonyl (C=O) groups excluding carboxylic acids is 1. The highest BCUT2D eigenvalue weighted by Crippen LogP contribution is 2.29. The number of nitrogens with zero attached hydrogens (tertiary/aromatic N) is 2. The van der Waals surface area contributed by atoms with Gasteiger partial charge in [0.05, 0.1) is 5.69 Å². The van der Waals surface area contributed by atoms with Gasteiger partial charge in [-0.05, 0) is 55.4 Å². The van der Waals surface area contributed by atoms with Gasteiger partial charge in [-0.2, -0.15) is 11.3 Å². The molecule has 1 aromatic carbocycles. The number of hydrogen-bond donors (Lipinski definition) is 1. The first-order valence-corrected chi connectivity index (χ1v) is 11.0. The molecule has 0 bridgehead atoms. The van der Waals surface area contributed by atoms with Crippen LogP contribution < -0.4 is 5.32 Å². The number of hydrogen-bond acceptors (Lipinski definition) is 5. The van der Waals surface area contributed by atoms with Crippen LogP contribution in [0.4, 0.5) is 0 Å². The van der Waals surface area contributed by atoms with Gasteiger partial charge in [0, 0.05) is 24.0 Å². The number of aromatic nitrogens is 1. The standard InChI is InChI=1S/C21H23N3OS2/c1-15-19(27-21(23-15)18-8-11-26-14-18)20(25)22-12-16-6-2-3-7-17(16)13-24-9-4-5-10-24/h2-3,6-8,11,14H,4-5,9-10,12-13H2,1H3,(H,22,25). The Morgan fingerprint density at radius 2 is 1.96 bits per heavy atom. The summed E-state index contributed by atoms with van der Waals surface area (Å²) in [5.41, 5.74) is 4.38. The van der Waals surface area contributed by atoms with Gasteiger partial charge in [-0.1, -0.05) is 24.3 Å². The van der Waals surface area contributed by atoms with Crippen molar-refractivity contribution in [3.63, 3.8) is 0 Å². The van der Waals surface area contributed by atoms with Gasteiger partial charge in [-0.3, -0.25) is 9.69 Å². The Labute approximate surface area is 167 Å². The predicted octanol–water partition coefficient (Wildman–Crippen LogP) is 4.71. The van der Waals surface area contributed by atoms with E-state index in [1.807, 2.05) is 24.4 Å². The minimum atomic E-state index is -0.0394. The maximum absolute atomic E-state index is 12.7. The van der Waals surface area contributed by atoms with Crippen molar-refractivity contribution < 1.29 is 4.79 Å². The molecule has 1 aliphatic rings. The van der Waals surface area contributed by atoms with Crippen molar-refractivity contribution in [2.75, 3.05) is 13.1 Å². The van der Waals surface area contributed by atoms with Crippen LogP contribution in [0.15, 0.2) is 41.1 Å². The summed E-state index contributed by atoms with van der Waals surface area (Å²) in [5, 5.41) is 8.10. The molecule has 1 fully saturated rings. The molecular formula is C21H23N3OS2. The molecule has 27 heavy (non-hydrogen) atoms. The van der Waals surface area contributed by atoms with Gasteiger partial charge in [-0.15, -0.1) is 11.3 Å². The number of nitrogens with one attached hydrogen (secondary N) is 1. The molecule has 2 aromatic heterocycles.